The largest absolute Gasteiger partial charge is 0.350 e. The number of aromatic nitrogens is 1. The molecular weight excluding hydrogens is 287 g/mol. The quantitative estimate of drug-likeness (QED) is 0.589. The fourth-order valence-electron chi connectivity index (χ4n) is 3.40. The van der Waals surface area contributed by atoms with Gasteiger partial charge in [-0.05, 0) is 49.1 Å². The van der Waals surface area contributed by atoms with E-state index in [1.54, 1.807) is 18.3 Å². The third-order valence-corrected chi connectivity index (χ3v) is 4.57. The maximum absolute atomic E-state index is 13.1. The maximum atomic E-state index is 13.1. The second-order valence-corrected chi connectivity index (χ2v) is 6.06. The number of hydrogen-bond donors (Lipinski definition) is 0. The lowest BCUT2D eigenvalue weighted by Crippen LogP contribution is -2.29. The smallest absolute Gasteiger partial charge is 0.129 e. The monoisotopic (exact) mass is 304 g/mol. The molecule has 2 aromatic rings. The number of hydrogen-bond acceptors (Lipinski definition) is 2. The van der Waals surface area contributed by atoms with E-state index >= 15 is 0 Å². The van der Waals surface area contributed by atoms with Crippen molar-refractivity contribution in [2.24, 2.45) is 5.92 Å². The first kappa shape index (κ1) is 14.0. The van der Waals surface area contributed by atoms with E-state index in [1.807, 2.05) is 12.1 Å². The van der Waals surface area contributed by atoms with Crippen molar-refractivity contribution in [2.75, 3.05) is 11.4 Å². The van der Waals surface area contributed by atoms with Crippen LogP contribution < -0.4 is 4.90 Å². The molecule has 1 fully saturated rings. The van der Waals surface area contributed by atoms with Crippen LogP contribution in [0.25, 0.3) is 0 Å². The zero-order valence-electron chi connectivity index (χ0n) is 12.7. The Morgan fingerprint density at radius 2 is 2.04 bits per heavy atom. The number of benzene rings is 1. The van der Waals surface area contributed by atoms with Crippen LogP contribution >= 0.6 is 0 Å². The minimum absolute atomic E-state index is 0.265. The van der Waals surface area contributed by atoms with E-state index in [-0.39, 0.29) is 5.82 Å². The van der Waals surface area contributed by atoms with Gasteiger partial charge in [-0.2, -0.15) is 0 Å². The predicted octanol–water partition coefficient (Wildman–Crippen LogP) is 3.78. The van der Waals surface area contributed by atoms with Crippen molar-refractivity contribution in [1.82, 2.24) is 4.98 Å². The summed E-state index contributed by atoms with van der Waals surface area (Å²) in [6.45, 7) is 1.07. The van der Waals surface area contributed by atoms with Crippen LogP contribution in [-0.2, 0) is 0 Å². The summed E-state index contributed by atoms with van der Waals surface area (Å²) < 4.78 is 13.1. The standard InChI is InChI=1S/C20H17FN2/c21-18-5-1-3-15(13-18)7-8-16-9-10-20(22-14-16)23-12-11-17-4-2-6-19(17)23/h1-3,5-6,9-10,13-14,17,19H,4,11-12H2/t17-,19+/m1/s1. The second kappa shape index (κ2) is 5.89. The number of allylic oxidation sites excluding steroid dienone is 1. The Kier molecular flexibility index (Phi) is 3.59. The molecule has 0 bridgehead atoms. The molecule has 2 heterocycles. The topological polar surface area (TPSA) is 16.1 Å². The number of rotatable bonds is 1. The Bertz CT molecular complexity index is 798. The summed E-state index contributed by atoms with van der Waals surface area (Å²) in [5.74, 6) is 7.52. The highest BCUT2D eigenvalue weighted by Crippen LogP contribution is 2.35. The Morgan fingerprint density at radius 3 is 2.87 bits per heavy atom. The lowest BCUT2D eigenvalue weighted by atomic mass is 10.0. The molecule has 1 aromatic heterocycles. The van der Waals surface area contributed by atoms with Gasteiger partial charge in [0.1, 0.15) is 11.6 Å². The van der Waals surface area contributed by atoms with Crippen molar-refractivity contribution >= 4 is 5.82 Å². The number of pyridine rings is 1. The zero-order chi connectivity index (χ0) is 15.6. The van der Waals surface area contributed by atoms with Crippen LogP contribution in [0.1, 0.15) is 24.0 Å². The van der Waals surface area contributed by atoms with Crippen molar-refractivity contribution < 1.29 is 4.39 Å². The van der Waals surface area contributed by atoms with Crippen LogP contribution in [0.5, 0.6) is 0 Å². The minimum atomic E-state index is -0.265. The Labute approximate surface area is 135 Å². The third-order valence-electron chi connectivity index (χ3n) is 4.57. The van der Waals surface area contributed by atoms with Crippen molar-refractivity contribution in [2.45, 2.75) is 18.9 Å². The summed E-state index contributed by atoms with van der Waals surface area (Å²) >= 11 is 0. The van der Waals surface area contributed by atoms with Crippen molar-refractivity contribution in [1.29, 1.82) is 0 Å². The molecule has 0 radical (unpaired) electrons. The van der Waals surface area contributed by atoms with Gasteiger partial charge >= 0.3 is 0 Å². The predicted molar refractivity (Wildman–Crippen MR) is 89.6 cm³/mol. The van der Waals surface area contributed by atoms with Gasteiger partial charge in [-0.15, -0.1) is 0 Å². The average molecular weight is 304 g/mol. The SMILES string of the molecule is Fc1cccc(C#Cc2ccc(N3CC[C@H]4CC=C[C@@H]43)nc2)c1. The molecule has 4 rings (SSSR count). The van der Waals surface area contributed by atoms with Crippen molar-refractivity contribution in [3.8, 4) is 11.8 Å². The molecule has 114 valence electrons. The molecule has 2 aliphatic rings. The molecule has 2 nitrogen and oxygen atoms in total. The van der Waals surface area contributed by atoms with E-state index in [9.17, 15) is 4.39 Å². The first-order valence-electron chi connectivity index (χ1n) is 7.96. The molecule has 0 spiro atoms. The lowest BCUT2D eigenvalue weighted by Gasteiger charge is -2.23. The van der Waals surface area contributed by atoms with Gasteiger partial charge in [-0.1, -0.05) is 30.1 Å². The third kappa shape index (κ3) is 2.85. The van der Waals surface area contributed by atoms with Gasteiger partial charge in [0.05, 0.1) is 6.04 Å². The van der Waals surface area contributed by atoms with E-state index < -0.39 is 0 Å². The summed E-state index contributed by atoms with van der Waals surface area (Å²) in [6.07, 6.45) is 8.81. The van der Waals surface area contributed by atoms with Gasteiger partial charge in [-0.25, -0.2) is 9.37 Å². The first-order valence-corrected chi connectivity index (χ1v) is 7.96. The number of halogens is 1. The van der Waals surface area contributed by atoms with Gasteiger partial charge in [0.2, 0.25) is 0 Å². The van der Waals surface area contributed by atoms with E-state index in [1.165, 1.54) is 25.0 Å². The fraction of sp³-hybridized carbons (Fsp3) is 0.250. The first-order chi connectivity index (χ1) is 11.3. The summed E-state index contributed by atoms with van der Waals surface area (Å²) in [5.41, 5.74) is 1.52. The second-order valence-electron chi connectivity index (χ2n) is 6.06. The molecule has 0 unspecified atom stereocenters. The Morgan fingerprint density at radius 1 is 1.13 bits per heavy atom. The van der Waals surface area contributed by atoms with Crippen LogP contribution in [0.15, 0.2) is 54.7 Å². The minimum Gasteiger partial charge on any atom is -0.350 e. The summed E-state index contributed by atoms with van der Waals surface area (Å²) in [6, 6.07) is 10.8. The van der Waals surface area contributed by atoms with E-state index in [0.29, 0.717) is 11.6 Å². The van der Waals surface area contributed by atoms with E-state index in [4.69, 9.17) is 0 Å². The van der Waals surface area contributed by atoms with Crippen LogP contribution in [-0.4, -0.2) is 17.6 Å². The molecule has 1 saturated heterocycles. The molecule has 0 amide bonds. The normalized spacial score (nSPS) is 21.9. The molecule has 23 heavy (non-hydrogen) atoms. The van der Waals surface area contributed by atoms with Gasteiger partial charge in [0.25, 0.3) is 0 Å². The zero-order valence-corrected chi connectivity index (χ0v) is 12.7. The molecule has 0 saturated carbocycles. The van der Waals surface area contributed by atoms with Crippen LogP contribution in [0, 0.1) is 23.6 Å². The fourth-order valence-corrected chi connectivity index (χ4v) is 3.40. The Balaban J connectivity index is 1.52. The maximum Gasteiger partial charge on any atom is 0.129 e. The Hall–Kier alpha value is -2.60. The molecule has 1 aliphatic heterocycles. The highest BCUT2D eigenvalue weighted by molar-refractivity contribution is 5.48. The molecule has 0 N–H and O–H groups in total. The van der Waals surface area contributed by atoms with Crippen molar-refractivity contribution in [3.05, 3.63) is 71.7 Å². The van der Waals surface area contributed by atoms with Gasteiger partial charge < -0.3 is 4.90 Å². The van der Waals surface area contributed by atoms with E-state index in [2.05, 4.69) is 33.9 Å². The summed E-state index contributed by atoms with van der Waals surface area (Å²) in [5, 5.41) is 0. The summed E-state index contributed by atoms with van der Waals surface area (Å²) in [7, 11) is 0. The summed E-state index contributed by atoms with van der Waals surface area (Å²) in [4.78, 5) is 6.94. The van der Waals surface area contributed by atoms with Crippen molar-refractivity contribution in [3.63, 3.8) is 0 Å². The average Bonchev–Trinajstić information content (AvgIpc) is 3.17. The van der Waals surface area contributed by atoms with Crippen LogP contribution in [0.4, 0.5) is 10.2 Å². The highest BCUT2D eigenvalue weighted by Gasteiger charge is 2.34. The van der Waals surface area contributed by atoms with E-state index in [0.717, 1.165) is 23.8 Å². The highest BCUT2D eigenvalue weighted by atomic mass is 19.1. The molecule has 2 atom stereocenters. The number of anilines is 1. The lowest BCUT2D eigenvalue weighted by molar-refractivity contribution is 0.566. The van der Waals surface area contributed by atoms with Gasteiger partial charge in [0, 0.05) is 23.9 Å². The molecule has 1 aliphatic carbocycles. The molecule has 1 aromatic carbocycles. The van der Waals surface area contributed by atoms with Gasteiger partial charge in [0.15, 0.2) is 0 Å². The van der Waals surface area contributed by atoms with Crippen LogP contribution in [0.2, 0.25) is 0 Å². The molecular formula is C20H17FN2. The molecule has 3 heteroatoms. The van der Waals surface area contributed by atoms with Crippen LogP contribution in [0.3, 0.4) is 0 Å². The van der Waals surface area contributed by atoms with Gasteiger partial charge in [-0.3, -0.25) is 0 Å². The number of fused-ring (bicyclic) bond motifs is 1. The number of nitrogens with zero attached hydrogens (tertiary/aromatic N) is 2.